The molecule has 2 aromatic carbocycles. The zero-order valence-electron chi connectivity index (χ0n) is 17.8. The molecule has 2 aliphatic heterocycles. The van der Waals surface area contributed by atoms with Gasteiger partial charge in [-0.05, 0) is 54.2 Å². The molecule has 0 fully saturated rings. The third kappa shape index (κ3) is 2.96. The van der Waals surface area contributed by atoms with Crippen LogP contribution in [0, 0.1) is 0 Å². The van der Waals surface area contributed by atoms with Crippen LogP contribution in [0.1, 0.15) is 40.4 Å². The van der Waals surface area contributed by atoms with Gasteiger partial charge in [0.15, 0.2) is 23.0 Å². The van der Waals surface area contributed by atoms with Crippen molar-refractivity contribution in [1.29, 1.82) is 0 Å². The molecule has 6 nitrogen and oxygen atoms in total. The summed E-state index contributed by atoms with van der Waals surface area (Å²) >= 11 is 5.92. The quantitative estimate of drug-likeness (QED) is 0.527. The fourth-order valence-corrected chi connectivity index (χ4v) is 5.08. The van der Waals surface area contributed by atoms with E-state index in [9.17, 15) is 4.79 Å². The Labute approximate surface area is 185 Å². The minimum Gasteiger partial charge on any atom is -0.493 e. The van der Waals surface area contributed by atoms with E-state index < -0.39 is 0 Å². The van der Waals surface area contributed by atoms with Crippen molar-refractivity contribution in [1.82, 2.24) is 4.90 Å². The summed E-state index contributed by atoms with van der Waals surface area (Å²) in [6.45, 7) is 0.230. The number of alkyl halides is 1. The molecule has 0 N–H and O–H groups in total. The third-order valence-electron chi connectivity index (χ3n) is 6.29. The smallest absolute Gasteiger partial charge is 0.255 e. The predicted molar refractivity (Wildman–Crippen MR) is 118 cm³/mol. The van der Waals surface area contributed by atoms with Gasteiger partial charge < -0.3 is 23.8 Å². The summed E-state index contributed by atoms with van der Waals surface area (Å²) in [4.78, 5) is 15.3. The fourth-order valence-electron chi connectivity index (χ4n) is 4.93. The molecule has 1 atom stereocenters. The summed E-state index contributed by atoms with van der Waals surface area (Å²) in [7, 11) is 5.07. The van der Waals surface area contributed by atoms with Crippen LogP contribution in [-0.4, -0.2) is 44.7 Å². The number of ether oxygens (including phenoxy) is 4. The molecule has 2 aromatic rings. The molecule has 1 amide bonds. The van der Waals surface area contributed by atoms with Crippen molar-refractivity contribution in [3.8, 4) is 23.0 Å². The Morgan fingerprint density at radius 1 is 1.19 bits per heavy atom. The standard InChI is InChI=1S/C24H24ClNO5/c1-26-22-15-10-19-18(30-12-31-19)9-13(15)8-16(22)21-14(6-4-5-7-25)23(29-3)20(28-2)11-17(21)24(26)27/h6,9-11,22H,4-5,7-8,12H2,1-3H3. The van der Waals surface area contributed by atoms with E-state index in [2.05, 4.69) is 6.08 Å². The van der Waals surface area contributed by atoms with Gasteiger partial charge in [0.2, 0.25) is 6.79 Å². The summed E-state index contributed by atoms with van der Waals surface area (Å²) in [5.74, 6) is 3.21. The second-order valence-corrected chi connectivity index (χ2v) is 8.29. The van der Waals surface area contributed by atoms with Gasteiger partial charge in [0.05, 0.1) is 25.8 Å². The SMILES string of the molecule is COc1cc2c(c(=CCCCCl)c1OC)=C1Cc3cc4c(cc3C1N(C)C2=O)OCO4. The lowest BCUT2D eigenvalue weighted by atomic mass is 9.92. The molecule has 162 valence electrons. The van der Waals surface area contributed by atoms with Crippen molar-refractivity contribution in [2.75, 3.05) is 33.9 Å². The van der Waals surface area contributed by atoms with Crippen LogP contribution in [0.25, 0.3) is 11.6 Å². The predicted octanol–water partition coefficient (Wildman–Crippen LogP) is 2.77. The Morgan fingerprint density at radius 2 is 1.97 bits per heavy atom. The van der Waals surface area contributed by atoms with E-state index in [4.69, 9.17) is 30.5 Å². The van der Waals surface area contributed by atoms with Crippen LogP contribution < -0.4 is 29.4 Å². The molecule has 3 aliphatic rings. The van der Waals surface area contributed by atoms with E-state index in [1.807, 2.05) is 19.2 Å². The van der Waals surface area contributed by atoms with Crippen molar-refractivity contribution < 1.29 is 23.7 Å². The van der Waals surface area contributed by atoms with Crippen LogP contribution in [0.4, 0.5) is 0 Å². The van der Waals surface area contributed by atoms with Crippen LogP contribution in [0.5, 0.6) is 23.0 Å². The van der Waals surface area contributed by atoms with Crippen molar-refractivity contribution >= 4 is 29.2 Å². The van der Waals surface area contributed by atoms with Gasteiger partial charge in [-0.3, -0.25) is 4.79 Å². The molecule has 0 spiro atoms. The van der Waals surface area contributed by atoms with E-state index in [0.717, 1.165) is 52.3 Å². The topological polar surface area (TPSA) is 57.2 Å². The first kappa shape index (κ1) is 20.1. The highest BCUT2D eigenvalue weighted by Gasteiger charge is 2.40. The maximum atomic E-state index is 13.5. The van der Waals surface area contributed by atoms with Crippen molar-refractivity contribution in [2.45, 2.75) is 25.3 Å². The summed E-state index contributed by atoms with van der Waals surface area (Å²) in [6, 6.07) is 5.70. The van der Waals surface area contributed by atoms with Crippen molar-refractivity contribution in [3.05, 3.63) is 45.3 Å². The zero-order chi connectivity index (χ0) is 21.7. The molecular weight excluding hydrogens is 418 g/mol. The molecular formula is C24H24ClNO5. The average molecular weight is 442 g/mol. The zero-order valence-corrected chi connectivity index (χ0v) is 18.5. The number of unbranched alkanes of at least 4 members (excludes halogenated alkanes) is 1. The Balaban J connectivity index is 1.83. The second kappa shape index (κ2) is 7.68. The number of carbonyl (C=O) groups is 1. The molecule has 31 heavy (non-hydrogen) atoms. The van der Waals surface area contributed by atoms with Gasteiger partial charge in [-0.15, -0.1) is 11.6 Å². The number of fused-ring (bicyclic) bond motifs is 5. The third-order valence-corrected chi connectivity index (χ3v) is 6.56. The fraction of sp³-hybridized carbons (Fsp3) is 0.375. The normalized spacial score (nSPS) is 18.8. The Kier molecular flexibility index (Phi) is 4.97. The summed E-state index contributed by atoms with van der Waals surface area (Å²) in [5.41, 5.74) is 4.05. The van der Waals surface area contributed by atoms with Gasteiger partial charge in [-0.1, -0.05) is 6.08 Å². The lowest BCUT2D eigenvalue weighted by Gasteiger charge is -2.32. The Bertz CT molecular complexity index is 1210. The summed E-state index contributed by atoms with van der Waals surface area (Å²) < 4.78 is 22.5. The molecule has 1 unspecified atom stereocenters. The monoisotopic (exact) mass is 441 g/mol. The first-order valence-corrected chi connectivity index (χ1v) is 10.9. The second-order valence-electron chi connectivity index (χ2n) is 7.91. The number of hydrogen-bond acceptors (Lipinski definition) is 5. The molecule has 7 heteroatoms. The first-order chi connectivity index (χ1) is 15.1. The van der Waals surface area contributed by atoms with Gasteiger partial charge in [-0.2, -0.15) is 0 Å². The van der Waals surface area contributed by atoms with Gasteiger partial charge >= 0.3 is 0 Å². The highest BCUT2D eigenvalue weighted by molar-refractivity contribution is 6.17. The number of nitrogens with zero attached hydrogens (tertiary/aromatic N) is 1. The van der Waals surface area contributed by atoms with Crippen LogP contribution in [0.2, 0.25) is 0 Å². The molecule has 0 saturated heterocycles. The van der Waals surface area contributed by atoms with Crippen LogP contribution in [0.15, 0.2) is 18.2 Å². The number of benzene rings is 2. The Hall–Kier alpha value is -2.86. The number of rotatable bonds is 5. The highest BCUT2D eigenvalue weighted by atomic mass is 35.5. The van der Waals surface area contributed by atoms with Gasteiger partial charge in [0.1, 0.15) is 0 Å². The molecule has 0 radical (unpaired) electrons. The molecule has 0 saturated carbocycles. The van der Waals surface area contributed by atoms with Crippen LogP contribution in [-0.2, 0) is 6.42 Å². The molecule has 0 aromatic heterocycles. The maximum absolute atomic E-state index is 13.5. The van der Waals surface area contributed by atoms with Gasteiger partial charge in [0, 0.05) is 23.4 Å². The van der Waals surface area contributed by atoms with Gasteiger partial charge in [0.25, 0.3) is 5.91 Å². The highest BCUT2D eigenvalue weighted by Crippen LogP contribution is 2.47. The lowest BCUT2D eigenvalue weighted by Crippen LogP contribution is -2.46. The summed E-state index contributed by atoms with van der Waals surface area (Å²) in [5, 5.41) is 1.84. The first-order valence-electron chi connectivity index (χ1n) is 10.3. The van der Waals surface area contributed by atoms with Gasteiger partial charge in [-0.25, -0.2) is 0 Å². The van der Waals surface area contributed by atoms with Crippen LogP contribution in [0.3, 0.4) is 0 Å². The van der Waals surface area contributed by atoms with E-state index in [1.165, 1.54) is 5.57 Å². The maximum Gasteiger partial charge on any atom is 0.255 e. The number of methoxy groups -OCH3 is 2. The minimum atomic E-state index is -0.150. The summed E-state index contributed by atoms with van der Waals surface area (Å²) in [6.07, 6.45) is 4.46. The van der Waals surface area contributed by atoms with E-state index in [0.29, 0.717) is 22.9 Å². The molecule has 0 bridgehead atoms. The number of hydrogen-bond donors (Lipinski definition) is 0. The van der Waals surface area contributed by atoms with E-state index >= 15 is 0 Å². The van der Waals surface area contributed by atoms with E-state index in [1.54, 1.807) is 25.2 Å². The van der Waals surface area contributed by atoms with Crippen molar-refractivity contribution in [3.63, 3.8) is 0 Å². The molecule has 2 heterocycles. The molecule has 5 rings (SSSR count). The number of carbonyl (C=O) groups excluding carboxylic acids is 1. The van der Waals surface area contributed by atoms with Crippen LogP contribution >= 0.6 is 11.6 Å². The largest absolute Gasteiger partial charge is 0.493 e. The molecule has 1 aliphatic carbocycles. The minimum absolute atomic E-state index is 0.0396. The number of amides is 1. The average Bonchev–Trinajstić information content (AvgIpc) is 3.38. The lowest BCUT2D eigenvalue weighted by molar-refractivity contribution is 0.0755. The number of halogens is 1. The van der Waals surface area contributed by atoms with Crippen molar-refractivity contribution in [2.24, 2.45) is 0 Å². The van der Waals surface area contributed by atoms with E-state index in [-0.39, 0.29) is 18.7 Å². The Morgan fingerprint density at radius 3 is 2.68 bits per heavy atom.